The van der Waals surface area contributed by atoms with Gasteiger partial charge in [-0.1, -0.05) is 18.2 Å². The molecule has 1 heterocycles. The maximum absolute atomic E-state index is 11.9. The second kappa shape index (κ2) is 12.3. The topological polar surface area (TPSA) is 90.9 Å². The van der Waals surface area contributed by atoms with Gasteiger partial charge in [0.05, 0.1) is 18.0 Å². The Kier molecular flexibility index (Phi) is 10.8. The number of hydrogen-bond acceptors (Lipinski definition) is 5. The molecule has 0 aliphatic heterocycles. The molecule has 30 heavy (non-hydrogen) atoms. The highest BCUT2D eigenvalue weighted by Crippen LogP contribution is 2.17. The predicted molar refractivity (Wildman–Crippen MR) is 134 cm³/mol. The maximum atomic E-state index is 11.9. The average Bonchev–Trinajstić information content (AvgIpc) is 3.15. The molecule has 1 aromatic heterocycles. The second-order valence-corrected chi connectivity index (χ2v) is 9.95. The van der Waals surface area contributed by atoms with Gasteiger partial charge in [-0.05, 0) is 42.0 Å². The molecule has 0 bridgehead atoms. The van der Waals surface area contributed by atoms with Crippen LogP contribution in [0.4, 0.5) is 0 Å². The van der Waals surface area contributed by atoms with Crippen molar-refractivity contribution >= 4 is 57.0 Å². The van der Waals surface area contributed by atoms with Crippen molar-refractivity contribution in [3.8, 4) is 0 Å². The number of carbonyl (C=O) groups is 1. The van der Waals surface area contributed by atoms with Crippen molar-refractivity contribution in [3.05, 3.63) is 51.7 Å². The number of aryl methyl sites for hydroxylation is 1. The summed E-state index contributed by atoms with van der Waals surface area (Å²) in [4.78, 5) is 19.6. The Morgan fingerprint density at radius 3 is 2.50 bits per heavy atom. The summed E-state index contributed by atoms with van der Waals surface area (Å²) in [5.41, 5.74) is 1.59. The lowest BCUT2D eigenvalue weighted by molar-refractivity contribution is -0.127. The zero-order valence-corrected chi connectivity index (χ0v) is 21.6. The van der Waals surface area contributed by atoms with Gasteiger partial charge >= 0.3 is 0 Å². The zero-order valence-electron chi connectivity index (χ0n) is 17.6. The van der Waals surface area contributed by atoms with Crippen molar-refractivity contribution in [3.63, 3.8) is 0 Å². The molecule has 0 saturated carbocycles. The van der Waals surface area contributed by atoms with E-state index in [-0.39, 0.29) is 36.4 Å². The van der Waals surface area contributed by atoms with Gasteiger partial charge in [0.2, 0.25) is 5.91 Å². The van der Waals surface area contributed by atoms with Gasteiger partial charge in [0.25, 0.3) is 0 Å². The molecule has 0 saturated heterocycles. The number of carbonyl (C=O) groups excluding carboxylic acids is 1. The van der Waals surface area contributed by atoms with E-state index in [4.69, 9.17) is 0 Å². The summed E-state index contributed by atoms with van der Waals surface area (Å²) in [6.45, 7) is 2.98. The molecular formula is C20H29IN4O3S2. The Balaban J connectivity index is 0.00000450. The van der Waals surface area contributed by atoms with Crippen LogP contribution in [-0.2, 0) is 27.6 Å². The molecule has 0 radical (unpaired) electrons. The lowest BCUT2D eigenvalue weighted by Crippen LogP contribution is -2.43. The number of thiophene rings is 1. The van der Waals surface area contributed by atoms with Gasteiger partial charge in [-0.25, -0.2) is 13.4 Å². The number of rotatable bonds is 8. The number of aliphatic imine (C=N–C) groups is 1. The fourth-order valence-electron chi connectivity index (χ4n) is 2.65. The van der Waals surface area contributed by atoms with Crippen LogP contribution >= 0.6 is 35.3 Å². The number of halogens is 1. The van der Waals surface area contributed by atoms with Gasteiger partial charge < -0.3 is 15.5 Å². The van der Waals surface area contributed by atoms with E-state index in [0.29, 0.717) is 29.5 Å². The van der Waals surface area contributed by atoms with Crippen molar-refractivity contribution in [2.45, 2.75) is 24.8 Å². The number of likely N-dealkylation sites (N-methyl/N-ethyl adjacent to an activating group) is 1. The van der Waals surface area contributed by atoms with Crippen LogP contribution in [0, 0.1) is 6.92 Å². The van der Waals surface area contributed by atoms with Gasteiger partial charge in [0.1, 0.15) is 0 Å². The number of amides is 1. The van der Waals surface area contributed by atoms with Crippen LogP contribution in [0.1, 0.15) is 16.0 Å². The number of nitrogens with zero attached hydrogens (tertiary/aromatic N) is 2. The van der Waals surface area contributed by atoms with Crippen LogP contribution in [0.15, 0.2) is 45.6 Å². The minimum absolute atomic E-state index is 0. The molecule has 7 nitrogen and oxygen atoms in total. The number of guanidine groups is 1. The highest BCUT2D eigenvalue weighted by atomic mass is 127. The van der Waals surface area contributed by atoms with Crippen molar-refractivity contribution in [1.82, 2.24) is 15.5 Å². The van der Waals surface area contributed by atoms with Gasteiger partial charge in [-0.3, -0.25) is 4.79 Å². The quantitative estimate of drug-likeness (QED) is 0.292. The van der Waals surface area contributed by atoms with Crippen LogP contribution in [0.2, 0.25) is 0 Å². The lowest BCUT2D eigenvalue weighted by Gasteiger charge is -2.15. The zero-order chi connectivity index (χ0) is 21.4. The van der Waals surface area contributed by atoms with E-state index >= 15 is 0 Å². The third-order valence-electron chi connectivity index (χ3n) is 4.21. The summed E-state index contributed by atoms with van der Waals surface area (Å²) in [5, 5.41) is 8.35. The first-order valence-electron chi connectivity index (χ1n) is 9.21. The Hall–Kier alpha value is -1.66. The summed E-state index contributed by atoms with van der Waals surface area (Å²) in [6, 6.07) is 9.31. The van der Waals surface area contributed by atoms with Crippen molar-refractivity contribution < 1.29 is 13.2 Å². The predicted octanol–water partition coefficient (Wildman–Crippen LogP) is 2.44. The molecule has 166 valence electrons. The molecule has 1 aromatic carbocycles. The molecule has 2 rings (SSSR count). The van der Waals surface area contributed by atoms with Crippen molar-refractivity contribution in [2.75, 3.05) is 33.4 Å². The third-order valence-corrected chi connectivity index (χ3v) is 6.40. The molecular weight excluding hydrogens is 535 g/mol. The van der Waals surface area contributed by atoms with Gasteiger partial charge in [0.15, 0.2) is 15.8 Å². The van der Waals surface area contributed by atoms with Crippen molar-refractivity contribution in [2.24, 2.45) is 4.99 Å². The summed E-state index contributed by atoms with van der Waals surface area (Å²) < 4.78 is 23.5. The van der Waals surface area contributed by atoms with Gasteiger partial charge in [-0.2, -0.15) is 0 Å². The van der Waals surface area contributed by atoms with Gasteiger partial charge in [-0.15, -0.1) is 35.3 Å². The van der Waals surface area contributed by atoms with E-state index < -0.39 is 9.84 Å². The molecule has 0 atom stereocenters. The fraction of sp³-hybridized carbons (Fsp3) is 0.400. The first-order chi connectivity index (χ1) is 13.7. The largest absolute Gasteiger partial charge is 0.356 e. The van der Waals surface area contributed by atoms with Crippen LogP contribution in [0.3, 0.4) is 0 Å². The van der Waals surface area contributed by atoms with E-state index in [0.717, 1.165) is 12.0 Å². The molecule has 2 N–H and O–H groups in total. The minimum Gasteiger partial charge on any atom is -0.356 e. The van der Waals surface area contributed by atoms with Crippen LogP contribution < -0.4 is 10.6 Å². The highest BCUT2D eigenvalue weighted by Gasteiger charge is 2.11. The van der Waals surface area contributed by atoms with E-state index in [1.807, 2.05) is 17.5 Å². The molecule has 0 fully saturated rings. The Morgan fingerprint density at radius 1 is 1.20 bits per heavy atom. The highest BCUT2D eigenvalue weighted by molar-refractivity contribution is 14.0. The second-order valence-electron chi connectivity index (χ2n) is 6.93. The monoisotopic (exact) mass is 564 g/mol. The van der Waals surface area contributed by atoms with Crippen LogP contribution in [0.5, 0.6) is 0 Å². The first kappa shape index (κ1) is 26.4. The normalized spacial score (nSPS) is 11.5. The number of hydrogen-bond donors (Lipinski definition) is 2. The molecule has 2 aromatic rings. The molecule has 10 heteroatoms. The lowest BCUT2D eigenvalue weighted by atomic mass is 10.1. The minimum atomic E-state index is -3.24. The number of benzene rings is 1. The summed E-state index contributed by atoms with van der Waals surface area (Å²) in [6.07, 6.45) is 2.07. The first-order valence-corrected chi connectivity index (χ1v) is 12.0. The standard InChI is InChI=1S/C20H28N4O3S2.HI/c1-15-12-16(7-8-18(15)29(4,26)27)13-22-20(23-14-19(25)24(2)3)21-10-9-17-6-5-11-28-17;/h5-8,11-12H,9-10,13-14H2,1-4H3,(H2,21,22,23);1H. The van der Waals surface area contributed by atoms with Gasteiger partial charge in [0, 0.05) is 31.8 Å². The molecule has 0 unspecified atom stereocenters. The average molecular weight is 565 g/mol. The Bertz CT molecular complexity index is 958. The SMILES string of the molecule is Cc1cc(CN=C(NCCc2cccs2)NCC(=O)N(C)C)ccc1S(C)(=O)=O.I. The smallest absolute Gasteiger partial charge is 0.241 e. The summed E-state index contributed by atoms with van der Waals surface area (Å²) >= 11 is 1.70. The Morgan fingerprint density at radius 2 is 1.93 bits per heavy atom. The number of sulfone groups is 1. The van der Waals surface area contributed by atoms with E-state index in [1.54, 1.807) is 44.5 Å². The molecule has 1 amide bonds. The van der Waals surface area contributed by atoms with Crippen LogP contribution in [0.25, 0.3) is 0 Å². The van der Waals surface area contributed by atoms with Crippen molar-refractivity contribution in [1.29, 1.82) is 0 Å². The number of nitrogens with one attached hydrogen (secondary N) is 2. The maximum Gasteiger partial charge on any atom is 0.241 e. The third kappa shape index (κ3) is 8.60. The molecule has 0 spiro atoms. The fourth-order valence-corrected chi connectivity index (χ4v) is 4.31. The van der Waals surface area contributed by atoms with Crippen LogP contribution in [-0.4, -0.2) is 58.6 Å². The van der Waals surface area contributed by atoms with E-state index in [2.05, 4.69) is 21.7 Å². The molecule has 0 aliphatic carbocycles. The molecule has 0 aliphatic rings. The Labute approximate surface area is 199 Å². The van der Waals surface area contributed by atoms with E-state index in [1.165, 1.54) is 16.0 Å². The van der Waals surface area contributed by atoms with E-state index in [9.17, 15) is 13.2 Å². The summed E-state index contributed by atoms with van der Waals surface area (Å²) in [7, 11) is 0.168. The summed E-state index contributed by atoms with van der Waals surface area (Å²) in [5.74, 6) is 0.493.